The number of carbonyl (C=O) groups excluding carboxylic acids is 1. The van der Waals surface area contributed by atoms with E-state index in [1.54, 1.807) is 0 Å². The lowest BCUT2D eigenvalue weighted by Crippen LogP contribution is -2.35. The Balaban J connectivity index is 1.99. The van der Waals surface area contributed by atoms with Gasteiger partial charge in [-0.2, -0.15) is 0 Å². The van der Waals surface area contributed by atoms with E-state index < -0.39 is 0 Å². The van der Waals surface area contributed by atoms with Crippen LogP contribution < -0.4 is 11.1 Å². The van der Waals surface area contributed by atoms with Gasteiger partial charge in [-0.25, -0.2) is 0 Å². The van der Waals surface area contributed by atoms with Crippen LogP contribution in [-0.4, -0.2) is 12.5 Å². The van der Waals surface area contributed by atoms with E-state index in [1.807, 2.05) is 30.3 Å². The zero-order chi connectivity index (χ0) is 12.1. The van der Waals surface area contributed by atoms with Gasteiger partial charge in [0.2, 0.25) is 5.91 Å². The van der Waals surface area contributed by atoms with Crippen LogP contribution in [0.25, 0.3) is 0 Å². The normalized spacial score (nSPS) is 24.3. The zero-order valence-corrected chi connectivity index (χ0v) is 10.1. The molecule has 1 aromatic carbocycles. The molecule has 0 spiro atoms. The lowest BCUT2D eigenvalue weighted by Gasteiger charge is -2.29. The van der Waals surface area contributed by atoms with Crippen LogP contribution in [0, 0.1) is 11.8 Å². The molecule has 1 aliphatic carbocycles. The van der Waals surface area contributed by atoms with E-state index in [4.69, 9.17) is 5.73 Å². The molecule has 0 aliphatic heterocycles. The Bertz CT molecular complexity index is 364. The Morgan fingerprint density at radius 3 is 2.65 bits per heavy atom. The summed E-state index contributed by atoms with van der Waals surface area (Å²) in [6.45, 7) is 0.618. The van der Waals surface area contributed by atoms with Crippen LogP contribution in [0.3, 0.4) is 0 Å². The maximum absolute atomic E-state index is 12.2. The highest BCUT2D eigenvalue weighted by Gasteiger charge is 2.29. The summed E-state index contributed by atoms with van der Waals surface area (Å²) in [7, 11) is 0. The number of carbonyl (C=O) groups is 1. The van der Waals surface area contributed by atoms with Gasteiger partial charge < -0.3 is 11.1 Å². The SMILES string of the molecule is NCC1CCCCC1C(=O)Nc1ccccc1. The molecule has 0 heterocycles. The van der Waals surface area contributed by atoms with Crippen molar-refractivity contribution in [2.24, 2.45) is 17.6 Å². The molecule has 1 amide bonds. The van der Waals surface area contributed by atoms with E-state index >= 15 is 0 Å². The molecule has 1 aromatic rings. The average molecular weight is 232 g/mol. The van der Waals surface area contributed by atoms with Crippen molar-refractivity contribution in [3.05, 3.63) is 30.3 Å². The van der Waals surface area contributed by atoms with Gasteiger partial charge in [0, 0.05) is 11.6 Å². The molecule has 3 heteroatoms. The van der Waals surface area contributed by atoms with Gasteiger partial charge in [-0.05, 0) is 37.4 Å². The second-order valence-corrected chi connectivity index (χ2v) is 4.74. The molecule has 3 nitrogen and oxygen atoms in total. The highest BCUT2D eigenvalue weighted by Crippen LogP contribution is 2.30. The molecule has 2 unspecified atom stereocenters. The fraction of sp³-hybridized carbons (Fsp3) is 0.500. The number of nitrogens with two attached hydrogens (primary N) is 1. The quantitative estimate of drug-likeness (QED) is 0.840. The predicted octanol–water partition coefficient (Wildman–Crippen LogP) is 2.39. The second-order valence-electron chi connectivity index (χ2n) is 4.74. The molecule has 1 saturated carbocycles. The van der Waals surface area contributed by atoms with Gasteiger partial charge in [-0.1, -0.05) is 31.0 Å². The molecule has 17 heavy (non-hydrogen) atoms. The smallest absolute Gasteiger partial charge is 0.227 e. The summed E-state index contributed by atoms with van der Waals surface area (Å²) < 4.78 is 0. The Morgan fingerprint density at radius 2 is 1.94 bits per heavy atom. The van der Waals surface area contributed by atoms with E-state index in [0.717, 1.165) is 24.9 Å². The second kappa shape index (κ2) is 5.82. The Morgan fingerprint density at radius 1 is 1.24 bits per heavy atom. The summed E-state index contributed by atoms with van der Waals surface area (Å²) in [5.41, 5.74) is 6.62. The number of hydrogen-bond acceptors (Lipinski definition) is 2. The third-order valence-corrected chi connectivity index (χ3v) is 3.59. The first kappa shape index (κ1) is 12.1. The largest absolute Gasteiger partial charge is 0.330 e. The lowest BCUT2D eigenvalue weighted by molar-refractivity contribution is -0.122. The molecule has 2 rings (SSSR count). The molecule has 2 atom stereocenters. The average Bonchev–Trinajstić information content (AvgIpc) is 2.40. The summed E-state index contributed by atoms with van der Waals surface area (Å²) >= 11 is 0. The minimum absolute atomic E-state index is 0.0916. The summed E-state index contributed by atoms with van der Waals surface area (Å²) in [6, 6.07) is 9.63. The third kappa shape index (κ3) is 3.07. The minimum Gasteiger partial charge on any atom is -0.330 e. The van der Waals surface area contributed by atoms with Gasteiger partial charge in [0.1, 0.15) is 0 Å². The van der Waals surface area contributed by atoms with Gasteiger partial charge in [-0.3, -0.25) is 4.79 Å². The predicted molar refractivity (Wildman–Crippen MR) is 69.6 cm³/mol. The van der Waals surface area contributed by atoms with E-state index in [-0.39, 0.29) is 11.8 Å². The van der Waals surface area contributed by atoms with Crippen molar-refractivity contribution in [2.75, 3.05) is 11.9 Å². The maximum atomic E-state index is 12.2. The molecule has 0 radical (unpaired) electrons. The summed E-state index contributed by atoms with van der Waals surface area (Å²) in [4.78, 5) is 12.2. The van der Waals surface area contributed by atoms with Crippen LogP contribution in [0.1, 0.15) is 25.7 Å². The van der Waals surface area contributed by atoms with Crippen LogP contribution in [-0.2, 0) is 4.79 Å². The van der Waals surface area contributed by atoms with Gasteiger partial charge in [0.25, 0.3) is 0 Å². The molecule has 1 aliphatic rings. The first-order chi connectivity index (χ1) is 8.31. The molecule has 0 saturated heterocycles. The molecule has 3 N–H and O–H groups in total. The fourth-order valence-corrected chi connectivity index (χ4v) is 2.59. The van der Waals surface area contributed by atoms with Crippen LogP contribution in [0.15, 0.2) is 30.3 Å². The lowest BCUT2D eigenvalue weighted by atomic mass is 9.78. The van der Waals surface area contributed by atoms with Crippen LogP contribution >= 0.6 is 0 Å². The minimum atomic E-state index is 0.0916. The Kier molecular flexibility index (Phi) is 4.15. The van der Waals surface area contributed by atoms with Gasteiger partial charge >= 0.3 is 0 Å². The van der Waals surface area contributed by atoms with Crippen molar-refractivity contribution < 1.29 is 4.79 Å². The molecular weight excluding hydrogens is 212 g/mol. The van der Waals surface area contributed by atoms with Crippen LogP contribution in [0.2, 0.25) is 0 Å². The Hall–Kier alpha value is -1.35. The van der Waals surface area contributed by atoms with Crippen LogP contribution in [0.4, 0.5) is 5.69 Å². The van der Waals surface area contributed by atoms with E-state index in [2.05, 4.69) is 5.32 Å². The number of amides is 1. The first-order valence-electron chi connectivity index (χ1n) is 6.37. The summed E-state index contributed by atoms with van der Waals surface area (Å²) in [5.74, 6) is 0.577. The summed E-state index contributed by atoms with van der Waals surface area (Å²) in [5, 5.41) is 2.98. The number of anilines is 1. The molecule has 0 bridgehead atoms. The van der Waals surface area contributed by atoms with Crippen molar-refractivity contribution in [3.8, 4) is 0 Å². The molecular formula is C14H20N2O. The van der Waals surface area contributed by atoms with Gasteiger partial charge in [-0.15, -0.1) is 0 Å². The van der Waals surface area contributed by atoms with Crippen molar-refractivity contribution in [2.45, 2.75) is 25.7 Å². The van der Waals surface area contributed by atoms with Crippen molar-refractivity contribution in [3.63, 3.8) is 0 Å². The molecule has 92 valence electrons. The van der Waals surface area contributed by atoms with Gasteiger partial charge in [0.05, 0.1) is 0 Å². The van der Waals surface area contributed by atoms with E-state index in [0.29, 0.717) is 12.5 Å². The first-order valence-corrected chi connectivity index (χ1v) is 6.37. The highest BCUT2D eigenvalue weighted by molar-refractivity contribution is 5.92. The van der Waals surface area contributed by atoms with Crippen molar-refractivity contribution in [1.29, 1.82) is 0 Å². The molecule has 0 aromatic heterocycles. The highest BCUT2D eigenvalue weighted by atomic mass is 16.1. The zero-order valence-electron chi connectivity index (χ0n) is 10.1. The van der Waals surface area contributed by atoms with E-state index in [1.165, 1.54) is 6.42 Å². The van der Waals surface area contributed by atoms with Gasteiger partial charge in [0.15, 0.2) is 0 Å². The standard InChI is InChI=1S/C14H20N2O/c15-10-11-6-4-5-9-13(11)14(17)16-12-7-2-1-3-8-12/h1-3,7-8,11,13H,4-6,9-10,15H2,(H,16,17). The maximum Gasteiger partial charge on any atom is 0.227 e. The third-order valence-electron chi connectivity index (χ3n) is 3.59. The summed E-state index contributed by atoms with van der Waals surface area (Å²) in [6.07, 6.45) is 4.41. The molecule has 1 fully saturated rings. The Labute approximate surface area is 102 Å². The van der Waals surface area contributed by atoms with Crippen molar-refractivity contribution in [1.82, 2.24) is 0 Å². The van der Waals surface area contributed by atoms with Crippen LogP contribution in [0.5, 0.6) is 0 Å². The fourth-order valence-electron chi connectivity index (χ4n) is 2.59. The van der Waals surface area contributed by atoms with E-state index in [9.17, 15) is 4.79 Å². The number of nitrogens with one attached hydrogen (secondary N) is 1. The number of benzene rings is 1. The van der Waals surface area contributed by atoms with Crippen molar-refractivity contribution >= 4 is 11.6 Å². The number of para-hydroxylation sites is 1. The number of hydrogen-bond donors (Lipinski definition) is 2. The number of rotatable bonds is 3. The topological polar surface area (TPSA) is 55.1 Å². The monoisotopic (exact) mass is 232 g/mol.